The molecule has 0 aliphatic carbocycles. The fourth-order valence-electron chi connectivity index (χ4n) is 4.19. The summed E-state index contributed by atoms with van der Waals surface area (Å²) in [6.45, 7) is 6.45. The van der Waals surface area contributed by atoms with Gasteiger partial charge in [-0.2, -0.15) is 0 Å². The Morgan fingerprint density at radius 2 is 1.10 bits per heavy atom. The molecule has 1 unspecified atom stereocenters. The van der Waals surface area contributed by atoms with Gasteiger partial charge in [-0.05, 0) is 61.2 Å². The highest BCUT2D eigenvalue weighted by molar-refractivity contribution is 5.66. The molecule has 0 fully saturated rings. The van der Waals surface area contributed by atoms with Crippen LogP contribution < -0.4 is 4.90 Å². The van der Waals surface area contributed by atoms with Crippen molar-refractivity contribution in [3.05, 3.63) is 130 Å². The number of nitrogens with zero attached hydrogens (tertiary/aromatic N) is 1. The summed E-state index contributed by atoms with van der Waals surface area (Å²) in [7, 11) is 2.14. The van der Waals surface area contributed by atoms with E-state index in [1.165, 1.54) is 44.8 Å². The lowest BCUT2D eigenvalue weighted by atomic mass is 9.85. The van der Waals surface area contributed by atoms with Gasteiger partial charge in [0.1, 0.15) is 0 Å². The Bertz CT molecular complexity index is 1110. The van der Waals surface area contributed by atoms with Crippen LogP contribution in [-0.4, -0.2) is 7.05 Å². The third-order valence-corrected chi connectivity index (χ3v) is 5.87. The van der Waals surface area contributed by atoms with Gasteiger partial charge in [-0.3, -0.25) is 0 Å². The fraction of sp³-hybridized carbons (Fsp3) is 0.172. The molecule has 0 spiro atoms. The third-order valence-electron chi connectivity index (χ3n) is 5.87. The van der Waals surface area contributed by atoms with Gasteiger partial charge in [-0.25, -0.2) is 0 Å². The topological polar surface area (TPSA) is 3.24 Å². The van der Waals surface area contributed by atoms with Gasteiger partial charge in [-0.15, -0.1) is 0 Å². The smallest absolute Gasteiger partial charge is 0.0437 e. The van der Waals surface area contributed by atoms with Crippen molar-refractivity contribution in [1.29, 1.82) is 0 Å². The minimum absolute atomic E-state index is 0.229. The summed E-state index contributed by atoms with van der Waals surface area (Å²) in [6, 6.07) is 35.3. The maximum absolute atomic E-state index is 2.27. The zero-order valence-corrected chi connectivity index (χ0v) is 18.3. The minimum Gasteiger partial charge on any atom is -0.344 e. The van der Waals surface area contributed by atoms with Crippen molar-refractivity contribution in [2.45, 2.75) is 26.7 Å². The Morgan fingerprint density at radius 1 is 0.567 bits per heavy atom. The second-order valence-corrected chi connectivity index (χ2v) is 8.19. The molecule has 0 saturated carbocycles. The van der Waals surface area contributed by atoms with Crippen molar-refractivity contribution >= 4 is 11.4 Å². The predicted octanol–water partition coefficient (Wildman–Crippen LogP) is 7.56. The summed E-state index contributed by atoms with van der Waals surface area (Å²) in [4.78, 5) is 2.27. The zero-order chi connectivity index (χ0) is 21.1. The molecule has 0 aromatic heterocycles. The van der Waals surface area contributed by atoms with E-state index in [2.05, 4.69) is 130 Å². The van der Waals surface area contributed by atoms with Crippen molar-refractivity contribution in [3.63, 3.8) is 0 Å². The van der Waals surface area contributed by atoms with Crippen LogP contribution in [0.3, 0.4) is 0 Å². The van der Waals surface area contributed by atoms with Gasteiger partial charge in [0, 0.05) is 24.3 Å². The predicted molar refractivity (Wildman–Crippen MR) is 129 cm³/mol. The normalized spacial score (nSPS) is 11.9. The first-order valence-corrected chi connectivity index (χ1v) is 10.6. The number of hydrogen-bond donors (Lipinski definition) is 0. The molecule has 150 valence electrons. The molecule has 0 bridgehead atoms. The number of benzene rings is 4. The molecule has 0 N–H and O–H groups in total. The molecule has 1 atom stereocenters. The van der Waals surface area contributed by atoms with Gasteiger partial charge in [-0.1, -0.05) is 90.0 Å². The average Bonchev–Trinajstić information content (AvgIpc) is 2.76. The number of aryl methyl sites for hydroxylation is 3. The first kappa shape index (κ1) is 20.0. The van der Waals surface area contributed by atoms with E-state index in [4.69, 9.17) is 0 Å². The Hall–Kier alpha value is -3.32. The van der Waals surface area contributed by atoms with Crippen LogP contribution in [0.1, 0.15) is 39.3 Å². The summed E-state index contributed by atoms with van der Waals surface area (Å²) in [5.74, 6) is 0.229. The molecule has 30 heavy (non-hydrogen) atoms. The van der Waals surface area contributed by atoms with E-state index in [-0.39, 0.29) is 5.92 Å². The Morgan fingerprint density at radius 3 is 1.70 bits per heavy atom. The van der Waals surface area contributed by atoms with E-state index in [0.29, 0.717) is 0 Å². The highest BCUT2D eigenvalue weighted by Crippen LogP contribution is 2.34. The van der Waals surface area contributed by atoms with Crippen LogP contribution >= 0.6 is 0 Å². The molecule has 4 aromatic carbocycles. The summed E-state index contributed by atoms with van der Waals surface area (Å²) in [5.41, 5.74) is 10.3. The molecule has 0 amide bonds. The van der Waals surface area contributed by atoms with Crippen molar-refractivity contribution in [2.24, 2.45) is 0 Å². The van der Waals surface area contributed by atoms with Crippen LogP contribution in [0.5, 0.6) is 0 Å². The summed E-state index contributed by atoms with van der Waals surface area (Å²) < 4.78 is 0. The summed E-state index contributed by atoms with van der Waals surface area (Å²) in [5, 5.41) is 0. The van der Waals surface area contributed by atoms with E-state index in [9.17, 15) is 0 Å². The first-order chi connectivity index (χ1) is 14.5. The standard InChI is InChI=1S/C29H29N/c1-21-10-13-25(14-11-21)29(24-8-6-5-7-9-24)26-15-17-27(18-16-26)30(4)28-19-12-22(2)20-23(28)3/h5-20,29H,1-4H3. The highest BCUT2D eigenvalue weighted by atomic mass is 15.1. The second kappa shape index (κ2) is 8.59. The van der Waals surface area contributed by atoms with Crippen molar-refractivity contribution in [3.8, 4) is 0 Å². The van der Waals surface area contributed by atoms with Crippen LogP contribution in [0.2, 0.25) is 0 Å². The SMILES string of the molecule is Cc1ccc(C(c2ccccc2)c2ccc(N(C)c3ccc(C)cc3C)cc2)cc1. The molecule has 0 aliphatic rings. The quantitative estimate of drug-likeness (QED) is 0.317. The average molecular weight is 392 g/mol. The Labute approximate surface area is 180 Å². The number of hydrogen-bond acceptors (Lipinski definition) is 1. The van der Waals surface area contributed by atoms with E-state index < -0.39 is 0 Å². The van der Waals surface area contributed by atoms with Crippen molar-refractivity contribution in [1.82, 2.24) is 0 Å². The summed E-state index contributed by atoms with van der Waals surface area (Å²) in [6.07, 6.45) is 0. The van der Waals surface area contributed by atoms with E-state index in [1.54, 1.807) is 0 Å². The Balaban J connectivity index is 1.70. The minimum atomic E-state index is 0.229. The first-order valence-electron chi connectivity index (χ1n) is 10.6. The van der Waals surface area contributed by atoms with Gasteiger partial charge >= 0.3 is 0 Å². The van der Waals surface area contributed by atoms with Crippen LogP contribution in [0.4, 0.5) is 11.4 Å². The Kier molecular flexibility index (Phi) is 5.72. The fourth-order valence-corrected chi connectivity index (χ4v) is 4.19. The van der Waals surface area contributed by atoms with Gasteiger partial charge in [0.25, 0.3) is 0 Å². The maximum atomic E-state index is 2.27. The monoisotopic (exact) mass is 391 g/mol. The van der Waals surface area contributed by atoms with Gasteiger partial charge in [0.2, 0.25) is 0 Å². The second-order valence-electron chi connectivity index (χ2n) is 8.19. The van der Waals surface area contributed by atoms with Crippen molar-refractivity contribution < 1.29 is 0 Å². The van der Waals surface area contributed by atoms with E-state index >= 15 is 0 Å². The van der Waals surface area contributed by atoms with Crippen LogP contribution in [-0.2, 0) is 0 Å². The largest absolute Gasteiger partial charge is 0.344 e. The molecular weight excluding hydrogens is 362 g/mol. The molecule has 0 aliphatic heterocycles. The van der Waals surface area contributed by atoms with Crippen LogP contribution in [0.15, 0.2) is 97.1 Å². The van der Waals surface area contributed by atoms with Crippen LogP contribution in [0.25, 0.3) is 0 Å². The van der Waals surface area contributed by atoms with E-state index in [0.717, 1.165) is 0 Å². The third kappa shape index (κ3) is 4.16. The maximum Gasteiger partial charge on any atom is 0.0437 e. The van der Waals surface area contributed by atoms with Gasteiger partial charge in [0.15, 0.2) is 0 Å². The molecule has 0 radical (unpaired) electrons. The molecule has 4 rings (SSSR count). The van der Waals surface area contributed by atoms with Crippen LogP contribution in [0, 0.1) is 20.8 Å². The van der Waals surface area contributed by atoms with E-state index in [1.807, 2.05) is 0 Å². The molecule has 0 heterocycles. The van der Waals surface area contributed by atoms with Gasteiger partial charge in [0.05, 0.1) is 0 Å². The number of rotatable bonds is 5. The van der Waals surface area contributed by atoms with Crippen molar-refractivity contribution in [2.75, 3.05) is 11.9 Å². The lowest BCUT2D eigenvalue weighted by Gasteiger charge is -2.24. The lowest BCUT2D eigenvalue weighted by molar-refractivity contribution is 0.975. The molecule has 1 heteroatoms. The number of anilines is 2. The highest BCUT2D eigenvalue weighted by Gasteiger charge is 2.17. The lowest BCUT2D eigenvalue weighted by Crippen LogP contribution is -2.11. The molecular formula is C29H29N. The molecule has 1 nitrogen and oxygen atoms in total. The summed E-state index contributed by atoms with van der Waals surface area (Å²) >= 11 is 0. The molecule has 0 saturated heterocycles. The van der Waals surface area contributed by atoms with Gasteiger partial charge < -0.3 is 4.90 Å². The molecule has 4 aromatic rings. The zero-order valence-electron chi connectivity index (χ0n) is 18.3.